The Hall–Kier alpha value is -2.05. The van der Waals surface area contributed by atoms with Crippen LogP contribution >= 0.6 is 0 Å². The van der Waals surface area contributed by atoms with E-state index in [0.29, 0.717) is 17.5 Å². The molecule has 2 atom stereocenters. The number of hydrogen-bond donors (Lipinski definition) is 1. The van der Waals surface area contributed by atoms with Gasteiger partial charge in [0.05, 0.1) is 17.6 Å². The van der Waals surface area contributed by atoms with E-state index >= 15 is 0 Å². The summed E-state index contributed by atoms with van der Waals surface area (Å²) in [7, 11) is -2.82. The zero-order chi connectivity index (χ0) is 21.3. The minimum Gasteiger partial charge on any atom is -0.490 e. The molecule has 2 fully saturated rings. The van der Waals surface area contributed by atoms with E-state index in [1.165, 1.54) is 11.1 Å². The summed E-state index contributed by atoms with van der Waals surface area (Å²) in [6.07, 6.45) is 7.15. The van der Waals surface area contributed by atoms with Crippen molar-refractivity contribution in [3.05, 3.63) is 59.7 Å². The van der Waals surface area contributed by atoms with Crippen molar-refractivity contribution in [2.24, 2.45) is 0 Å². The normalized spacial score (nSPS) is 29.7. The molecule has 0 radical (unpaired) electrons. The zero-order valence-corrected chi connectivity index (χ0v) is 18.6. The maximum Gasteiger partial charge on any atom is 0.151 e. The van der Waals surface area contributed by atoms with E-state index in [1.807, 2.05) is 18.2 Å². The highest BCUT2D eigenvalue weighted by Crippen LogP contribution is 2.37. The second-order valence-electron chi connectivity index (χ2n) is 9.18. The molecule has 3 aliphatic rings. The van der Waals surface area contributed by atoms with Crippen molar-refractivity contribution in [3.8, 4) is 11.5 Å². The van der Waals surface area contributed by atoms with Gasteiger partial charge in [-0.05, 0) is 74.3 Å². The number of sulfone groups is 1. The second kappa shape index (κ2) is 8.83. The Balaban J connectivity index is 1.13. The molecule has 0 amide bonds. The van der Waals surface area contributed by atoms with Crippen LogP contribution in [0.4, 0.5) is 0 Å². The molecule has 5 nitrogen and oxygen atoms in total. The molecule has 2 aromatic rings. The molecule has 1 saturated carbocycles. The van der Waals surface area contributed by atoms with E-state index in [9.17, 15) is 8.42 Å². The van der Waals surface area contributed by atoms with Crippen molar-refractivity contribution >= 4 is 9.84 Å². The van der Waals surface area contributed by atoms with Gasteiger partial charge in [0.2, 0.25) is 0 Å². The molecule has 0 aromatic heterocycles. The molecular weight excluding hydrogens is 410 g/mol. The number of nitrogens with one attached hydrogen (secondary N) is 1. The first-order chi connectivity index (χ1) is 15.0. The third kappa shape index (κ3) is 5.07. The Kier molecular flexibility index (Phi) is 5.93. The lowest BCUT2D eigenvalue weighted by atomic mass is 9.92. The van der Waals surface area contributed by atoms with Crippen LogP contribution in [0.25, 0.3) is 0 Å². The van der Waals surface area contributed by atoms with E-state index in [4.69, 9.17) is 9.47 Å². The Labute approximate surface area is 185 Å². The lowest BCUT2D eigenvalue weighted by Gasteiger charge is -2.32. The molecule has 166 valence electrons. The van der Waals surface area contributed by atoms with Gasteiger partial charge in [0, 0.05) is 12.1 Å². The first kappa shape index (κ1) is 20.8. The Morgan fingerprint density at radius 2 is 1.71 bits per heavy atom. The van der Waals surface area contributed by atoms with E-state index in [1.54, 1.807) is 0 Å². The summed E-state index contributed by atoms with van der Waals surface area (Å²) in [6.45, 7) is 0. The van der Waals surface area contributed by atoms with Gasteiger partial charge in [0.1, 0.15) is 17.6 Å². The summed E-state index contributed by atoms with van der Waals surface area (Å²) >= 11 is 0. The van der Waals surface area contributed by atoms with Gasteiger partial charge in [-0.25, -0.2) is 8.42 Å². The lowest BCUT2D eigenvalue weighted by molar-refractivity contribution is 0.136. The number of ether oxygens (including phenoxy) is 2. The molecule has 6 heteroatoms. The van der Waals surface area contributed by atoms with Gasteiger partial charge >= 0.3 is 0 Å². The average Bonchev–Trinajstić information content (AvgIpc) is 3.13. The molecule has 5 rings (SSSR count). The third-order valence-corrected chi connectivity index (χ3v) is 8.60. The monoisotopic (exact) mass is 441 g/mol. The Morgan fingerprint density at radius 3 is 2.45 bits per heavy atom. The topological polar surface area (TPSA) is 64.6 Å². The third-order valence-electron chi connectivity index (χ3n) is 6.83. The Morgan fingerprint density at radius 1 is 0.903 bits per heavy atom. The second-order valence-corrected chi connectivity index (χ2v) is 11.4. The minimum absolute atomic E-state index is 0.123. The van der Waals surface area contributed by atoms with Crippen LogP contribution in [0.1, 0.15) is 55.8 Å². The van der Waals surface area contributed by atoms with Crippen molar-refractivity contribution in [1.29, 1.82) is 0 Å². The van der Waals surface area contributed by atoms with Crippen LogP contribution in [0.2, 0.25) is 0 Å². The molecule has 2 aliphatic heterocycles. The van der Waals surface area contributed by atoms with Crippen LogP contribution in [-0.2, 0) is 16.3 Å². The van der Waals surface area contributed by atoms with Crippen LogP contribution in [0.3, 0.4) is 0 Å². The van der Waals surface area contributed by atoms with Gasteiger partial charge in [0.25, 0.3) is 0 Å². The fourth-order valence-corrected chi connectivity index (χ4v) is 6.83. The summed E-state index contributed by atoms with van der Waals surface area (Å²) in [6, 6.07) is 17.2. The molecule has 1 saturated heterocycles. The van der Waals surface area contributed by atoms with Crippen molar-refractivity contribution in [2.45, 2.75) is 69.2 Å². The van der Waals surface area contributed by atoms with Crippen molar-refractivity contribution in [3.63, 3.8) is 0 Å². The van der Waals surface area contributed by atoms with Crippen LogP contribution in [-0.4, -0.2) is 38.1 Å². The van der Waals surface area contributed by atoms with E-state index in [0.717, 1.165) is 56.4 Å². The van der Waals surface area contributed by atoms with Gasteiger partial charge in [0.15, 0.2) is 9.84 Å². The van der Waals surface area contributed by atoms with Crippen LogP contribution in [0.15, 0.2) is 48.5 Å². The van der Waals surface area contributed by atoms with Crippen LogP contribution in [0, 0.1) is 0 Å². The maximum absolute atomic E-state index is 11.7. The molecule has 0 bridgehead atoms. The minimum atomic E-state index is -2.82. The van der Waals surface area contributed by atoms with Crippen LogP contribution in [0.5, 0.6) is 11.5 Å². The standard InChI is InChI=1S/C25H31NO4S/c27-31(28)15-14-21(17-31)26-20-7-9-22(10-8-20)29-23-11-13-25-19(16-23)6-12-24(30-25)18-4-2-1-3-5-18/h1-5,11,13,16,20-22,24,26H,6-10,12,14-15,17H2. The fourth-order valence-electron chi connectivity index (χ4n) is 5.14. The van der Waals surface area contributed by atoms with Gasteiger partial charge in [-0.2, -0.15) is 0 Å². The molecule has 0 spiro atoms. The van der Waals surface area contributed by atoms with Crippen LogP contribution < -0.4 is 14.8 Å². The number of rotatable bonds is 5. The summed E-state index contributed by atoms with van der Waals surface area (Å²) in [5.74, 6) is 2.52. The number of benzene rings is 2. The molecule has 1 aliphatic carbocycles. The molecule has 2 unspecified atom stereocenters. The molecule has 31 heavy (non-hydrogen) atoms. The van der Waals surface area contributed by atoms with E-state index in [-0.39, 0.29) is 18.2 Å². The lowest BCUT2D eigenvalue weighted by Crippen LogP contribution is -2.42. The summed E-state index contributed by atoms with van der Waals surface area (Å²) in [5.41, 5.74) is 2.46. The predicted octanol–water partition coefficient (Wildman–Crippen LogP) is 4.22. The molecular formula is C25H31NO4S. The SMILES string of the molecule is O=S1(=O)CCC(NC2CCC(Oc3ccc4c(c3)CCC(c3ccccc3)O4)CC2)C1. The summed E-state index contributed by atoms with van der Waals surface area (Å²) in [4.78, 5) is 0. The first-order valence-electron chi connectivity index (χ1n) is 11.5. The highest BCUT2D eigenvalue weighted by Gasteiger charge is 2.31. The number of aryl methyl sites for hydroxylation is 1. The highest BCUT2D eigenvalue weighted by molar-refractivity contribution is 7.91. The largest absolute Gasteiger partial charge is 0.490 e. The van der Waals surface area contributed by atoms with Gasteiger partial charge in [-0.15, -0.1) is 0 Å². The summed E-state index contributed by atoms with van der Waals surface area (Å²) < 4.78 is 35.9. The number of hydrogen-bond acceptors (Lipinski definition) is 5. The van der Waals surface area contributed by atoms with Gasteiger partial charge < -0.3 is 14.8 Å². The predicted molar refractivity (Wildman–Crippen MR) is 121 cm³/mol. The Bertz CT molecular complexity index is 999. The van der Waals surface area contributed by atoms with Crippen molar-refractivity contribution < 1.29 is 17.9 Å². The highest BCUT2D eigenvalue weighted by atomic mass is 32.2. The molecule has 1 N–H and O–H groups in total. The summed E-state index contributed by atoms with van der Waals surface area (Å²) in [5, 5.41) is 3.57. The van der Waals surface area contributed by atoms with Crippen molar-refractivity contribution in [2.75, 3.05) is 11.5 Å². The smallest absolute Gasteiger partial charge is 0.151 e. The molecule has 2 heterocycles. The fraction of sp³-hybridized carbons (Fsp3) is 0.520. The quantitative estimate of drug-likeness (QED) is 0.753. The van der Waals surface area contributed by atoms with Crippen molar-refractivity contribution in [1.82, 2.24) is 5.32 Å². The van der Waals surface area contributed by atoms with Gasteiger partial charge in [-0.3, -0.25) is 0 Å². The molecule has 2 aromatic carbocycles. The first-order valence-corrected chi connectivity index (χ1v) is 13.3. The van der Waals surface area contributed by atoms with E-state index in [2.05, 4.69) is 35.6 Å². The van der Waals surface area contributed by atoms with Gasteiger partial charge in [-0.1, -0.05) is 30.3 Å². The zero-order valence-electron chi connectivity index (χ0n) is 17.8. The maximum atomic E-state index is 11.7. The average molecular weight is 442 g/mol. The number of fused-ring (bicyclic) bond motifs is 1. The van der Waals surface area contributed by atoms with E-state index < -0.39 is 9.84 Å².